The van der Waals surface area contributed by atoms with Gasteiger partial charge in [-0.05, 0) is 31.5 Å². The fraction of sp³-hybridized carbons (Fsp3) is 0.423. The van der Waals surface area contributed by atoms with E-state index in [1.807, 2.05) is 0 Å². The van der Waals surface area contributed by atoms with E-state index in [9.17, 15) is 23.6 Å². The number of aryl methyl sites for hydroxylation is 1. The van der Waals surface area contributed by atoms with Crippen molar-refractivity contribution < 1.29 is 32.7 Å². The predicted octanol–water partition coefficient (Wildman–Crippen LogP) is 2.13. The first-order valence-corrected chi connectivity index (χ1v) is 12.3. The summed E-state index contributed by atoms with van der Waals surface area (Å²) >= 11 is 0. The van der Waals surface area contributed by atoms with E-state index in [1.54, 1.807) is 27.7 Å². The Balaban J connectivity index is 2.00. The highest BCUT2D eigenvalue weighted by Gasteiger charge is 2.34. The monoisotopic (exact) mass is 558 g/mol. The molecule has 0 saturated carbocycles. The van der Waals surface area contributed by atoms with Crippen molar-refractivity contribution >= 4 is 17.8 Å². The van der Waals surface area contributed by atoms with Gasteiger partial charge in [0, 0.05) is 27.4 Å². The summed E-state index contributed by atoms with van der Waals surface area (Å²) in [6.45, 7) is 9.28. The third-order valence-electron chi connectivity index (χ3n) is 5.57. The van der Waals surface area contributed by atoms with Gasteiger partial charge in [-0.1, -0.05) is 26.0 Å². The number of nitrogens with zero attached hydrogens (tertiary/aromatic N) is 4. The Morgan fingerprint density at radius 3 is 2.33 bits per heavy atom. The van der Waals surface area contributed by atoms with Crippen LogP contribution in [0.5, 0.6) is 5.75 Å². The molecule has 0 aliphatic heterocycles. The molecule has 14 heteroatoms. The van der Waals surface area contributed by atoms with Gasteiger partial charge in [0.1, 0.15) is 11.6 Å². The molecule has 1 unspecified atom stereocenters. The second-order valence-electron chi connectivity index (χ2n) is 9.77. The van der Waals surface area contributed by atoms with Gasteiger partial charge < -0.3 is 24.5 Å². The number of hydrogen-bond acceptors (Lipinski definition) is 10. The number of carbonyl (C=O) groups is 3. The molecule has 1 atom stereocenters. The fourth-order valence-corrected chi connectivity index (χ4v) is 3.54. The summed E-state index contributed by atoms with van der Waals surface area (Å²) < 4.78 is 30.4. The van der Waals surface area contributed by atoms with Crippen molar-refractivity contribution in [1.29, 1.82) is 0 Å². The molecular formula is C26H31FN6O7. The first-order valence-electron chi connectivity index (χ1n) is 12.3. The smallest absolute Gasteiger partial charge is 0.311 e. The molecule has 0 fully saturated rings. The fourth-order valence-electron chi connectivity index (χ4n) is 3.54. The van der Waals surface area contributed by atoms with Gasteiger partial charge >= 0.3 is 17.8 Å². The van der Waals surface area contributed by atoms with Crippen LogP contribution >= 0.6 is 0 Å². The lowest BCUT2D eigenvalue weighted by Gasteiger charge is -2.28. The molecule has 0 radical (unpaired) electrons. The minimum atomic E-state index is -1.33. The summed E-state index contributed by atoms with van der Waals surface area (Å²) in [7, 11) is 1.38. The highest BCUT2D eigenvalue weighted by atomic mass is 19.1. The molecule has 13 nitrogen and oxygen atoms in total. The molecule has 0 saturated heterocycles. The molecule has 214 valence electrons. The summed E-state index contributed by atoms with van der Waals surface area (Å²) in [6.07, 6.45) is -1.23. The second-order valence-corrected chi connectivity index (χ2v) is 9.77. The Labute approximate surface area is 229 Å². The van der Waals surface area contributed by atoms with Crippen molar-refractivity contribution in [1.82, 2.24) is 30.4 Å². The summed E-state index contributed by atoms with van der Waals surface area (Å²) in [5.41, 5.74) is -1.93. The summed E-state index contributed by atoms with van der Waals surface area (Å²) in [5, 5.41) is 12.6. The zero-order valence-corrected chi connectivity index (χ0v) is 23.2. The molecule has 2 amide bonds. The van der Waals surface area contributed by atoms with Crippen molar-refractivity contribution in [2.45, 2.75) is 59.9 Å². The van der Waals surface area contributed by atoms with Gasteiger partial charge in [0.25, 0.3) is 11.5 Å². The van der Waals surface area contributed by atoms with Crippen LogP contribution in [0.2, 0.25) is 0 Å². The van der Waals surface area contributed by atoms with Gasteiger partial charge in [-0.15, -0.1) is 10.2 Å². The minimum Gasteiger partial charge on any atom is -0.447 e. The molecule has 0 aliphatic rings. The minimum absolute atomic E-state index is 0.00630. The van der Waals surface area contributed by atoms with Crippen LogP contribution in [-0.2, 0) is 28.7 Å². The van der Waals surface area contributed by atoms with E-state index in [1.165, 1.54) is 45.2 Å². The maximum absolute atomic E-state index is 13.5. The van der Waals surface area contributed by atoms with E-state index < -0.39 is 58.4 Å². The van der Waals surface area contributed by atoms with E-state index in [0.29, 0.717) is 5.56 Å². The van der Waals surface area contributed by atoms with Crippen molar-refractivity contribution in [2.24, 2.45) is 13.0 Å². The quantitative estimate of drug-likeness (QED) is 0.278. The van der Waals surface area contributed by atoms with E-state index in [2.05, 4.69) is 25.8 Å². The second kappa shape index (κ2) is 12.1. The van der Waals surface area contributed by atoms with Gasteiger partial charge in [0.15, 0.2) is 5.69 Å². The molecule has 0 aliphatic carbocycles. The number of carbonyl (C=O) groups excluding carboxylic acids is 3. The molecule has 0 spiro atoms. The number of benzene rings is 1. The number of esters is 1. The van der Waals surface area contributed by atoms with Crippen LogP contribution in [0, 0.1) is 18.7 Å². The number of aromatic nitrogens is 4. The van der Waals surface area contributed by atoms with E-state index in [4.69, 9.17) is 13.9 Å². The van der Waals surface area contributed by atoms with Gasteiger partial charge in [0.05, 0.1) is 11.5 Å². The van der Waals surface area contributed by atoms with Crippen LogP contribution in [-0.4, -0.2) is 43.8 Å². The number of halogens is 1. The van der Waals surface area contributed by atoms with Crippen LogP contribution in [0.4, 0.5) is 4.39 Å². The zero-order valence-electron chi connectivity index (χ0n) is 23.2. The Kier molecular flexibility index (Phi) is 9.02. The molecule has 2 N–H and O–H groups in total. The van der Waals surface area contributed by atoms with Crippen LogP contribution in [0.1, 0.15) is 73.1 Å². The molecule has 40 heavy (non-hydrogen) atoms. The summed E-state index contributed by atoms with van der Waals surface area (Å²) in [4.78, 5) is 55.9. The number of rotatable bonds is 10. The average Bonchev–Trinajstić information content (AvgIpc) is 3.32. The highest BCUT2D eigenvalue weighted by Crippen LogP contribution is 2.22. The Bertz CT molecular complexity index is 1460. The predicted molar refractivity (Wildman–Crippen MR) is 138 cm³/mol. The van der Waals surface area contributed by atoms with Crippen molar-refractivity contribution in [3.63, 3.8) is 0 Å². The van der Waals surface area contributed by atoms with Crippen LogP contribution in [0.15, 0.2) is 33.5 Å². The van der Waals surface area contributed by atoms with E-state index in [-0.39, 0.29) is 24.2 Å². The zero-order chi connectivity index (χ0) is 29.8. The first kappa shape index (κ1) is 29.9. The lowest BCUT2D eigenvalue weighted by atomic mass is 10.0. The molecule has 0 bridgehead atoms. The Morgan fingerprint density at radius 1 is 1.10 bits per heavy atom. The van der Waals surface area contributed by atoms with Crippen LogP contribution < -0.4 is 20.9 Å². The molecule has 1 aromatic carbocycles. The topological polar surface area (TPSA) is 168 Å². The molecule has 3 aromatic rings. The van der Waals surface area contributed by atoms with Gasteiger partial charge in [-0.25, -0.2) is 9.37 Å². The number of nitrogens with one attached hydrogen (secondary N) is 2. The van der Waals surface area contributed by atoms with Crippen LogP contribution in [0.25, 0.3) is 0 Å². The van der Waals surface area contributed by atoms with Gasteiger partial charge in [0.2, 0.25) is 17.9 Å². The van der Waals surface area contributed by atoms with Crippen molar-refractivity contribution in [2.75, 3.05) is 0 Å². The van der Waals surface area contributed by atoms with Crippen molar-refractivity contribution in [3.05, 3.63) is 69.3 Å². The molecular weight excluding hydrogens is 527 g/mol. The maximum Gasteiger partial charge on any atom is 0.311 e. The molecule has 2 aromatic heterocycles. The lowest BCUT2D eigenvalue weighted by Crippen LogP contribution is -2.46. The molecule has 2 heterocycles. The van der Waals surface area contributed by atoms with Crippen molar-refractivity contribution in [3.8, 4) is 5.75 Å². The van der Waals surface area contributed by atoms with Gasteiger partial charge in [-0.3, -0.25) is 23.7 Å². The Morgan fingerprint density at radius 2 is 1.75 bits per heavy atom. The van der Waals surface area contributed by atoms with E-state index in [0.717, 1.165) is 4.57 Å². The Hall–Kier alpha value is -4.62. The summed E-state index contributed by atoms with van der Waals surface area (Å²) in [5.74, 6) is -3.58. The third kappa shape index (κ3) is 7.07. The number of hydrogen-bond donors (Lipinski definition) is 2. The third-order valence-corrected chi connectivity index (χ3v) is 5.57. The maximum atomic E-state index is 13.5. The average molecular weight is 559 g/mol. The van der Waals surface area contributed by atoms with Crippen LogP contribution in [0.3, 0.4) is 0 Å². The van der Waals surface area contributed by atoms with E-state index >= 15 is 0 Å². The van der Waals surface area contributed by atoms with Gasteiger partial charge in [-0.2, -0.15) is 0 Å². The SMILES string of the molecule is Cc1nnc(C(=O)NC(C)(C)c2nc(C(=O)NCc3ccc(F)cc3)c(OC(C)OC(=O)C(C)C)c(=O)n2C)o1. The molecule has 3 rings (SSSR count). The highest BCUT2D eigenvalue weighted by molar-refractivity contribution is 5.95. The lowest BCUT2D eigenvalue weighted by molar-refractivity contribution is -0.165. The summed E-state index contributed by atoms with van der Waals surface area (Å²) in [6, 6.07) is 5.46. The standard InChI is InChI=1S/C26H31FN6O7/c1-13(2)24(37)40-15(4)39-19-18(20(34)28-12-16-8-10-17(27)11-9-16)29-25(33(7)23(19)36)26(5,6)30-21(35)22-32-31-14(3)38-22/h8-11,13,15H,12H2,1-7H3,(H,28,34)(H,30,35). The largest absolute Gasteiger partial charge is 0.447 e. The number of ether oxygens (including phenoxy) is 2. The first-order chi connectivity index (χ1) is 18.7. The number of amides is 2. The normalized spacial score (nSPS) is 12.1.